The zero-order valence-electron chi connectivity index (χ0n) is 9.17. The van der Waals surface area contributed by atoms with Crippen LogP contribution in [0.3, 0.4) is 0 Å². The average molecular weight is 277 g/mol. The Bertz CT molecular complexity index is 435. The summed E-state index contributed by atoms with van der Waals surface area (Å²) in [6, 6.07) is 2.34. The van der Waals surface area contributed by atoms with Gasteiger partial charge in [-0.15, -0.1) is 0 Å². The maximum absolute atomic E-state index is 13.1. The van der Waals surface area contributed by atoms with Crippen molar-refractivity contribution in [3.8, 4) is 0 Å². The highest BCUT2D eigenvalue weighted by molar-refractivity contribution is 6.36. The van der Waals surface area contributed by atoms with Gasteiger partial charge < -0.3 is 4.74 Å². The number of hydrogen-bond donors (Lipinski definition) is 0. The molecule has 0 bridgehead atoms. The first-order valence-electron chi connectivity index (χ1n) is 5.27. The lowest BCUT2D eigenvalue weighted by molar-refractivity contribution is -0.143. The molecule has 0 radical (unpaired) electrons. The van der Waals surface area contributed by atoms with Gasteiger partial charge in [0.2, 0.25) is 0 Å². The molecule has 1 aliphatic carbocycles. The summed E-state index contributed by atoms with van der Waals surface area (Å²) in [5.74, 6) is -1.17. The number of esters is 1. The van der Waals surface area contributed by atoms with Gasteiger partial charge in [0.05, 0.1) is 13.0 Å². The number of hydrogen-bond acceptors (Lipinski definition) is 2. The molecule has 1 aromatic rings. The molecule has 92 valence electrons. The first-order valence-corrected chi connectivity index (χ1v) is 6.02. The topological polar surface area (TPSA) is 26.3 Å². The first kappa shape index (κ1) is 12.7. The number of carbonyl (C=O) groups excluding carboxylic acids is 1. The average Bonchev–Trinajstić information content (AvgIpc) is 3.05. The third-order valence-corrected chi connectivity index (χ3v) is 3.53. The zero-order chi connectivity index (χ0) is 12.6. The Morgan fingerprint density at radius 3 is 2.35 bits per heavy atom. The summed E-state index contributed by atoms with van der Waals surface area (Å²) in [6.07, 6.45) is 1.87. The van der Waals surface area contributed by atoms with Crippen LogP contribution in [0.2, 0.25) is 10.0 Å². The minimum Gasteiger partial charge on any atom is -0.469 e. The van der Waals surface area contributed by atoms with Crippen LogP contribution in [-0.2, 0) is 9.53 Å². The minimum atomic E-state index is -0.511. The van der Waals surface area contributed by atoms with Crippen molar-refractivity contribution in [3.05, 3.63) is 33.6 Å². The van der Waals surface area contributed by atoms with E-state index in [9.17, 15) is 9.18 Å². The molecule has 2 nitrogen and oxygen atoms in total. The molecule has 1 saturated carbocycles. The van der Waals surface area contributed by atoms with Gasteiger partial charge >= 0.3 is 5.97 Å². The molecule has 2 rings (SSSR count). The fraction of sp³-hybridized carbons (Fsp3) is 0.417. The standard InChI is InChI=1S/C12H11Cl2FO2/c1-17-12(16)10(6-2-3-6)11-8(13)4-7(15)5-9(11)14/h4-6,10H,2-3H2,1H3. The number of halogens is 3. The highest BCUT2D eigenvalue weighted by atomic mass is 35.5. The molecule has 1 aliphatic rings. The molecule has 1 fully saturated rings. The van der Waals surface area contributed by atoms with Crippen LogP contribution in [0.1, 0.15) is 24.3 Å². The lowest BCUT2D eigenvalue weighted by atomic mass is 9.94. The Kier molecular flexibility index (Phi) is 3.59. The van der Waals surface area contributed by atoms with Gasteiger partial charge in [0, 0.05) is 15.6 Å². The molecule has 0 N–H and O–H groups in total. The summed E-state index contributed by atoms with van der Waals surface area (Å²) < 4.78 is 17.8. The summed E-state index contributed by atoms with van der Waals surface area (Å²) >= 11 is 11.9. The SMILES string of the molecule is COC(=O)C(c1c(Cl)cc(F)cc1Cl)C1CC1. The number of carbonyl (C=O) groups is 1. The van der Waals surface area contributed by atoms with Gasteiger partial charge in [-0.25, -0.2) is 4.39 Å². The largest absolute Gasteiger partial charge is 0.469 e. The van der Waals surface area contributed by atoms with Gasteiger partial charge in [-0.2, -0.15) is 0 Å². The van der Waals surface area contributed by atoms with E-state index in [1.54, 1.807) is 0 Å². The third-order valence-electron chi connectivity index (χ3n) is 2.90. The van der Waals surface area contributed by atoms with E-state index in [1.165, 1.54) is 19.2 Å². The van der Waals surface area contributed by atoms with E-state index in [1.807, 2.05) is 0 Å². The summed E-state index contributed by atoms with van der Waals surface area (Å²) in [5.41, 5.74) is 0.476. The second-order valence-electron chi connectivity index (χ2n) is 4.12. The van der Waals surface area contributed by atoms with Crippen molar-refractivity contribution < 1.29 is 13.9 Å². The van der Waals surface area contributed by atoms with E-state index in [0.29, 0.717) is 5.56 Å². The van der Waals surface area contributed by atoms with E-state index < -0.39 is 11.7 Å². The van der Waals surface area contributed by atoms with Gasteiger partial charge in [0.1, 0.15) is 5.82 Å². The summed E-state index contributed by atoms with van der Waals surface area (Å²) in [6.45, 7) is 0. The van der Waals surface area contributed by atoms with Crippen LogP contribution >= 0.6 is 23.2 Å². The molecule has 0 aromatic heterocycles. The van der Waals surface area contributed by atoms with Crippen molar-refractivity contribution >= 4 is 29.2 Å². The predicted molar refractivity (Wildman–Crippen MR) is 63.9 cm³/mol. The summed E-state index contributed by atoms with van der Waals surface area (Å²) in [7, 11) is 1.32. The van der Waals surface area contributed by atoms with Crippen LogP contribution in [0.5, 0.6) is 0 Å². The number of methoxy groups -OCH3 is 1. The molecular formula is C12H11Cl2FO2. The lowest BCUT2D eigenvalue weighted by Crippen LogP contribution is -2.17. The highest BCUT2D eigenvalue weighted by Crippen LogP contribution is 2.47. The Hall–Kier alpha value is -0.800. The van der Waals surface area contributed by atoms with E-state index in [2.05, 4.69) is 0 Å². The van der Waals surface area contributed by atoms with Crippen molar-refractivity contribution in [1.82, 2.24) is 0 Å². The molecule has 1 atom stereocenters. The number of rotatable bonds is 3. The Morgan fingerprint density at radius 2 is 1.94 bits per heavy atom. The molecular weight excluding hydrogens is 266 g/mol. The smallest absolute Gasteiger partial charge is 0.313 e. The lowest BCUT2D eigenvalue weighted by Gasteiger charge is -2.17. The van der Waals surface area contributed by atoms with Crippen molar-refractivity contribution in [2.75, 3.05) is 7.11 Å². The van der Waals surface area contributed by atoms with Crippen LogP contribution in [0.4, 0.5) is 4.39 Å². The first-order chi connectivity index (χ1) is 8.04. The molecule has 0 aliphatic heterocycles. The van der Waals surface area contributed by atoms with Crippen LogP contribution < -0.4 is 0 Å². The Balaban J connectivity index is 2.46. The summed E-state index contributed by atoms with van der Waals surface area (Å²) in [5, 5.41) is 0.356. The summed E-state index contributed by atoms with van der Waals surface area (Å²) in [4.78, 5) is 11.8. The highest BCUT2D eigenvalue weighted by Gasteiger charge is 2.40. The number of ether oxygens (including phenoxy) is 1. The van der Waals surface area contributed by atoms with E-state index in [4.69, 9.17) is 27.9 Å². The van der Waals surface area contributed by atoms with Crippen molar-refractivity contribution in [2.45, 2.75) is 18.8 Å². The van der Waals surface area contributed by atoms with E-state index >= 15 is 0 Å². The molecule has 0 spiro atoms. The van der Waals surface area contributed by atoms with E-state index in [-0.39, 0.29) is 21.9 Å². The third kappa shape index (κ3) is 2.55. The molecule has 0 saturated heterocycles. The molecule has 0 heterocycles. The Labute approximate surface area is 109 Å². The fourth-order valence-corrected chi connectivity index (χ4v) is 2.65. The van der Waals surface area contributed by atoms with Crippen molar-refractivity contribution in [1.29, 1.82) is 0 Å². The molecule has 1 aromatic carbocycles. The van der Waals surface area contributed by atoms with Crippen LogP contribution in [0.15, 0.2) is 12.1 Å². The quantitative estimate of drug-likeness (QED) is 0.785. The maximum atomic E-state index is 13.1. The van der Waals surface area contributed by atoms with Crippen LogP contribution in [-0.4, -0.2) is 13.1 Å². The molecule has 1 unspecified atom stereocenters. The minimum absolute atomic E-state index is 0.178. The normalized spacial score (nSPS) is 16.7. The van der Waals surface area contributed by atoms with Gasteiger partial charge in [0.25, 0.3) is 0 Å². The van der Waals surface area contributed by atoms with Crippen molar-refractivity contribution in [2.24, 2.45) is 5.92 Å². The zero-order valence-corrected chi connectivity index (χ0v) is 10.7. The molecule has 17 heavy (non-hydrogen) atoms. The van der Waals surface area contributed by atoms with Gasteiger partial charge in [-0.3, -0.25) is 4.79 Å². The van der Waals surface area contributed by atoms with Gasteiger partial charge in [-0.1, -0.05) is 23.2 Å². The second-order valence-corrected chi connectivity index (χ2v) is 4.94. The predicted octanol–water partition coefficient (Wildman–Crippen LogP) is 3.80. The van der Waals surface area contributed by atoms with Crippen LogP contribution in [0, 0.1) is 11.7 Å². The van der Waals surface area contributed by atoms with Crippen LogP contribution in [0.25, 0.3) is 0 Å². The molecule has 0 amide bonds. The monoisotopic (exact) mass is 276 g/mol. The Morgan fingerprint density at radius 1 is 1.41 bits per heavy atom. The fourth-order valence-electron chi connectivity index (χ4n) is 1.95. The maximum Gasteiger partial charge on any atom is 0.313 e. The van der Waals surface area contributed by atoms with Crippen molar-refractivity contribution in [3.63, 3.8) is 0 Å². The van der Waals surface area contributed by atoms with Gasteiger partial charge in [-0.05, 0) is 30.9 Å². The van der Waals surface area contributed by atoms with Gasteiger partial charge in [0.15, 0.2) is 0 Å². The second kappa shape index (κ2) is 4.83. The van der Waals surface area contributed by atoms with E-state index in [0.717, 1.165) is 12.8 Å². The molecule has 5 heteroatoms. The number of benzene rings is 1.